The quantitative estimate of drug-likeness (QED) is 0.264. The predicted octanol–water partition coefficient (Wildman–Crippen LogP) is 5.78. The van der Waals surface area contributed by atoms with Crippen molar-refractivity contribution in [3.05, 3.63) is 95.4 Å². The summed E-state index contributed by atoms with van der Waals surface area (Å²) in [4.78, 5) is 37.9. The molecule has 8 nitrogen and oxygen atoms in total. The molecule has 0 aliphatic rings. The zero-order chi connectivity index (χ0) is 26.9. The summed E-state index contributed by atoms with van der Waals surface area (Å²) in [6, 6.07) is 16.2. The van der Waals surface area contributed by atoms with Crippen LogP contribution in [0.15, 0.2) is 72.9 Å². The summed E-state index contributed by atoms with van der Waals surface area (Å²) in [6.07, 6.45) is -3.05. The van der Waals surface area contributed by atoms with Gasteiger partial charge in [-0.05, 0) is 48.5 Å². The fourth-order valence-electron chi connectivity index (χ4n) is 4.10. The number of imidazole rings is 1. The Balaban J connectivity index is 1.51. The second kappa shape index (κ2) is 9.94. The van der Waals surface area contributed by atoms with E-state index < -0.39 is 29.1 Å². The molecule has 0 saturated carbocycles. The van der Waals surface area contributed by atoms with Crippen LogP contribution in [-0.4, -0.2) is 33.9 Å². The van der Waals surface area contributed by atoms with E-state index >= 15 is 0 Å². The highest BCUT2D eigenvalue weighted by Crippen LogP contribution is 2.32. The number of benzene rings is 3. The number of carbonyl (C=O) groups is 2. The minimum Gasteiger partial charge on any atom is -0.377 e. The number of nitrogens with zero attached hydrogens (tertiary/aromatic N) is 2. The molecule has 38 heavy (non-hydrogen) atoms. The smallest absolute Gasteiger partial charge is 0.377 e. The molecule has 0 bridgehead atoms. The second-order valence-corrected chi connectivity index (χ2v) is 8.40. The van der Waals surface area contributed by atoms with Crippen molar-refractivity contribution < 1.29 is 27.5 Å². The number of aromatic nitrogens is 3. The number of carbonyl (C=O) groups excluding carboxylic acids is 2. The minimum absolute atomic E-state index is 0.104. The number of hydrogen-bond donors (Lipinski definition) is 3. The number of amides is 2. The van der Waals surface area contributed by atoms with Gasteiger partial charge in [-0.25, -0.2) is 4.98 Å². The Bertz CT molecular complexity index is 1680. The van der Waals surface area contributed by atoms with Gasteiger partial charge in [0.05, 0.1) is 27.7 Å². The Hall–Kier alpha value is -4.77. The first-order valence-electron chi connectivity index (χ1n) is 11.4. The molecule has 5 rings (SSSR count). The lowest BCUT2D eigenvalue weighted by molar-refractivity contribution is -0.137. The van der Waals surface area contributed by atoms with E-state index in [-0.39, 0.29) is 17.9 Å². The van der Waals surface area contributed by atoms with Crippen molar-refractivity contribution in [2.45, 2.75) is 12.8 Å². The lowest BCUT2D eigenvalue weighted by atomic mass is 10.1. The normalized spacial score (nSPS) is 11.6. The van der Waals surface area contributed by atoms with Crippen LogP contribution >= 0.6 is 0 Å². The van der Waals surface area contributed by atoms with Crippen LogP contribution in [0.5, 0.6) is 0 Å². The number of methoxy groups -OCH3 is 1. The molecule has 0 fully saturated rings. The molecular formula is C27H20F3N5O3. The first-order valence-corrected chi connectivity index (χ1v) is 11.4. The number of rotatable bonds is 6. The van der Waals surface area contributed by atoms with Crippen LogP contribution in [0, 0.1) is 0 Å². The largest absolute Gasteiger partial charge is 0.417 e. The van der Waals surface area contributed by atoms with Crippen molar-refractivity contribution in [1.82, 2.24) is 15.0 Å². The zero-order valence-electron chi connectivity index (χ0n) is 19.9. The number of ether oxygens (including phenoxy) is 1. The van der Waals surface area contributed by atoms with Gasteiger partial charge in [0.25, 0.3) is 11.8 Å². The Morgan fingerprint density at radius 1 is 0.921 bits per heavy atom. The summed E-state index contributed by atoms with van der Waals surface area (Å²) >= 11 is 0. The van der Waals surface area contributed by atoms with E-state index in [0.29, 0.717) is 22.5 Å². The Morgan fingerprint density at radius 3 is 2.47 bits per heavy atom. The van der Waals surface area contributed by atoms with Crippen LogP contribution < -0.4 is 10.6 Å². The van der Waals surface area contributed by atoms with Crippen LogP contribution in [0.1, 0.15) is 32.1 Å². The van der Waals surface area contributed by atoms with Gasteiger partial charge in [-0.2, -0.15) is 13.2 Å². The molecule has 3 aromatic carbocycles. The molecule has 2 heterocycles. The highest BCUT2D eigenvalue weighted by Gasteiger charge is 2.35. The molecule has 0 aliphatic carbocycles. The van der Waals surface area contributed by atoms with E-state index in [9.17, 15) is 22.8 Å². The monoisotopic (exact) mass is 519 g/mol. The third kappa shape index (κ3) is 5.04. The number of nitrogens with one attached hydrogen (secondary N) is 3. The SMILES string of the molecule is COCc1nc2c(C(=O)Nc3ccc4ncccc4c3)cc(NC(=O)c3ccccc3C(F)(F)F)cc2[nH]1. The minimum atomic E-state index is -4.71. The summed E-state index contributed by atoms with van der Waals surface area (Å²) in [7, 11) is 1.49. The molecule has 0 unspecified atom stereocenters. The maximum absolute atomic E-state index is 13.4. The van der Waals surface area contributed by atoms with Crippen LogP contribution in [0.2, 0.25) is 0 Å². The number of fused-ring (bicyclic) bond motifs is 2. The van der Waals surface area contributed by atoms with Gasteiger partial charge in [-0.15, -0.1) is 0 Å². The predicted molar refractivity (Wildman–Crippen MR) is 136 cm³/mol. The highest BCUT2D eigenvalue weighted by molar-refractivity contribution is 6.14. The number of aromatic amines is 1. The van der Waals surface area contributed by atoms with Gasteiger partial charge in [0.1, 0.15) is 17.9 Å². The number of anilines is 2. The summed E-state index contributed by atoms with van der Waals surface area (Å²) in [5, 5.41) is 6.11. The van der Waals surface area contributed by atoms with Crippen LogP contribution in [0.3, 0.4) is 0 Å². The number of pyridine rings is 1. The van der Waals surface area contributed by atoms with Gasteiger partial charge in [-0.1, -0.05) is 18.2 Å². The molecule has 0 saturated heterocycles. The third-order valence-electron chi connectivity index (χ3n) is 5.76. The van der Waals surface area contributed by atoms with Gasteiger partial charge in [0, 0.05) is 30.1 Å². The fourth-order valence-corrected chi connectivity index (χ4v) is 4.10. The topological polar surface area (TPSA) is 109 Å². The lowest BCUT2D eigenvalue weighted by Gasteiger charge is -2.13. The summed E-state index contributed by atoms with van der Waals surface area (Å²) in [6.45, 7) is 0.133. The Morgan fingerprint density at radius 2 is 1.68 bits per heavy atom. The molecule has 11 heteroatoms. The van der Waals surface area contributed by atoms with Crippen LogP contribution in [-0.2, 0) is 17.5 Å². The first kappa shape index (κ1) is 24.9. The van der Waals surface area contributed by atoms with Crippen LogP contribution in [0.25, 0.3) is 21.9 Å². The fraction of sp³-hybridized carbons (Fsp3) is 0.111. The van der Waals surface area contributed by atoms with Gasteiger partial charge < -0.3 is 20.4 Å². The number of hydrogen-bond acceptors (Lipinski definition) is 5. The summed E-state index contributed by atoms with van der Waals surface area (Å²) in [5.74, 6) is -1.07. The molecule has 0 atom stereocenters. The maximum Gasteiger partial charge on any atom is 0.417 e. The van der Waals surface area contributed by atoms with Crippen molar-refractivity contribution in [3.63, 3.8) is 0 Å². The molecule has 0 radical (unpaired) electrons. The molecule has 192 valence electrons. The number of alkyl halides is 3. The summed E-state index contributed by atoms with van der Waals surface area (Å²) < 4.78 is 45.4. The lowest BCUT2D eigenvalue weighted by Crippen LogP contribution is -2.19. The van der Waals surface area contributed by atoms with Gasteiger partial charge in [-0.3, -0.25) is 14.6 Å². The average molecular weight is 519 g/mol. The molecule has 2 aromatic heterocycles. The zero-order valence-corrected chi connectivity index (χ0v) is 19.9. The van der Waals surface area contributed by atoms with Crippen molar-refractivity contribution in [2.24, 2.45) is 0 Å². The number of H-pyrrole nitrogens is 1. The van der Waals surface area contributed by atoms with E-state index in [4.69, 9.17) is 4.74 Å². The highest BCUT2D eigenvalue weighted by atomic mass is 19.4. The summed E-state index contributed by atoms with van der Waals surface area (Å²) in [5.41, 5.74) is 0.578. The Kier molecular flexibility index (Phi) is 6.52. The van der Waals surface area contributed by atoms with E-state index in [1.165, 1.54) is 31.4 Å². The third-order valence-corrected chi connectivity index (χ3v) is 5.76. The van der Waals surface area contributed by atoms with Crippen molar-refractivity contribution in [1.29, 1.82) is 0 Å². The van der Waals surface area contributed by atoms with E-state index in [2.05, 4.69) is 25.6 Å². The van der Waals surface area contributed by atoms with E-state index in [1.807, 2.05) is 6.07 Å². The second-order valence-electron chi connectivity index (χ2n) is 8.40. The average Bonchev–Trinajstić information content (AvgIpc) is 3.30. The Labute approximate surface area is 213 Å². The van der Waals surface area contributed by atoms with Crippen molar-refractivity contribution >= 4 is 45.1 Å². The molecule has 0 spiro atoms. The first-order chi connectivity index (χ1) is 18.2. The van der Waals surface area contributed by atoms with Crippen molar-refractivity contribution in [3.8, 4) is 0 Å². The maximum atomic E-state index is 13.4. The van der Waals surface area contributed by atoms with Crippen molar-refractivity contribution in [2.75, 3.05) is 17.7 Å². The standard InChI is InChI=1S/C27H20F3N5O3/c1-38-14-23-34-22-13-17(33-25(36)18-6-2-3-7-20(18)27(28,29)30)12-19(24(22)35-23)26(37)32-16-8-9-21-15(11-16)5-4-10-31-21/h2-13H,14H2,1H3,(H,32,37)(H,33,36)(H,34,35). The van der Waals surface area contributed by atoms with Gasteiger partial charge in [0.15, 0.2) is 0 Å². The molecule has 0 aliphatic heterocycles. The van der Waals surface area contributed by atoms with E-state index in [0.717, 1.165) is 23.0 Å². The van der Waals surface area contributed by atoms with E-state index in [1.54, 1.807) is 30.5 Å². The molecular weight excluding hydrogens is 499 g/mol. The molecule has 5 aromatic rings. The molecule has 3 N–H and O–H groups in total. The van der Waals surface area contributed by atoms with Gasteiger partial charge >= 0.3 is 6.18 Å². The van der Waals surface area contributed by atoms with Crippen LogP contribution in [0.4, 0.5) is 24.5 Å². The molecule has 2 amide bonds. The van der Waals surface area contributed by atoms with Gasteiger partial charge in [0.2, 0.25) is 0 Å². The number of halogens is 3.